The van der Waals surface area contributed by atoms with Crippen LogP contribution in [0.5, 0.6) is 0 Å². The Balaban J connectivity index is 1.97. The first-order valence-electron chi connectivity index (χ1n) is 7.11. The van der Waals surface area contributed by atoms with Gasteiger partial charge in [0, 0.05) is 29.7 Å². The number of aromatic amines is 1. The van der Waals surface area contributed by atoms with Gasteiger partial charge in [-0.1, -0.05) is 13.3 Å². The highest BCUT2D eigenvalue weighted by molar-refractivity contribution is 5.49. The van der Waals surface area contributed by atoms with Crippen molar-refractivity contribution in [3.05, 3.63) is 35.8 Å². The fourth-order valence-electron chi connectivity index (χ4n) is 2.77. The van der Waals surface area contributed by atoms with Crippen molar-refractivity contribution >= 4 is 0 Å². The van der Waals surface area contributed by atoms with E-state index in [9.17, 15) is 0 Å². The lowest BCUT2D eigenvalue weighted by molar-refractivity contribution is 0.502. The molecule has 4 heteroatoms. The maximum absolute atomic E-state index is 4.77. The lowest BCUT2D eigenvalue weighted by atomic mass is 10.0. The molecular formula is C15H20N4. The lowest BCUT2D eigenvalue weighted by Crippen LogP contribution is -2.21. The summed E-state index contributed by atoms with van der Waals surface area (Å²) in [5, 5.41) is 3.55. The van der Waals surface area contributed by atoms with Gasteiger partial charge in [-0.25, -0.2) is 9.97 Å². The van der Waals surface area contributed by atoms with Gasteiger partial charge in [0.15, 0.2) is 5.82 Å². The van der Waals surface area contributed by atoms with Crippen molar-refractivity contribution in [1.29, 1.82) is 0 Å². The molecule has 2 N–H and O–H groups in total. The molecular weight excluding hydrogens is 236 g/mol. The van der Waals surface area contributed by atoms with Crippen LogP contribution in [0.1, 0.15) is 43.5 Å². The van der Waals surface area contributed by atoms with Crippen molar-refractivity contribution in [2.75, 3.05) is 6.54 Å². The topological polar surface area (TPSA) is 53.6 Å². The van der Waals surface area contributed by atoms with E-state index < -0.39 is 0 Å². The zero-order valence-corrected chi connectivity index (χ0v) is 11.3. The summed E-state index contributed by atoms with van der Waals surface area (Å²) < 4.78 is 0. The minimum Gasteiger partial charge on any atom is -0.359 e. The molecule has 2 aromatic heterocycles. The molecule has 19 heavy (non-hydrogen) atoms. The third-order valence-electron chi connectivity index (χ3n) is 3.72. The van der Waals surface area contributed by atoms with E-state index in [1.807, 2.05) is 24.5 Å². The molecule has 0 radical (unpaired) electrons. The Kier molecular flexibility index (Phi) is 3.60. The van der Waals surface area contributed by atoms with Gasteiger partial charge < -0.3 is 10.3 Å². The first-order valence-corrected chi connectivity index (χ1v) is 7.11. The standard InChI is InChI=1S/C15H20N4/c1-2-16-12-6-3-4-7-13-11(12)10-18-15(19-13)14-8-5-9-17-14/h5,8-10,12,16-17H,2-4,6-7H2,1H3. The Morgan fingerprint density at radius 2 is 2.37 bits per heavy atom. The molecule has 0 aliphatic heterocycles. The minimum atomic E-state index is 0.417. The Labute approximate surface area is 113 Å². The Bertz CT molecular complexity index is 533. The number of rotatable bonds is 3. The van der Waals surface area contributed by atoms with E-state index in [1.54, 1.807) is 0 Å². The van der Waals surface area contributed by atoms with Gasteiger partial charge in [-0.05, 0) is 37.9 Å². The van der Waals surface area contributed by atoms with Crippen molar-refractivity contribution in [2.24, 2.45) is 0 Å². The number of hydrogen-bond acceptors (Lipinski definition) is 3. The molecule has 0 bridgehead atoms. The van der Waals surface area contributed by atoms with Crippen molar-refractivity contribution < 1.29 is 0 Å². The predicted octanol–water partition coefficient (Wildman–Crippen LogP) is 2.85. The number of H-pyrrole nitrogens is 1. The highest BCUT2D eigenvalue weighted by Gasteiger charge is 2.20. The summed E-state index contributed by atoms with van der Waals surface area (Å²) in [6.45, 7) is 3.14. The average molecular weight is 256 g/mol. The Hall–Kier alpha value is -1.68. The summed E-state index contributed by atoms with van der Waals surface area (Å²) in [4.78, 5) is 12.5. The number of nitrogens with zero attached hydrogens (tertiary/aromatic N) is 2. The van der Waals surface area contributed by atoms with Crippen LogP contribution in [0, 0.1) is 0 Å². The summed E-state index contributed by atoms with van der Waals surface area (Å²) in [6.07, 6.45) is 8.64. The Morgan fingerprint density at radius 1 is 1.42 bits per heavy atom. The normalized spacial score (nSPS) is 18.9. The first kappa shape index (κ1) is 12.4. The van der Waals surface area contributed by atoms with E-state index in [1.165, 1.54) is 30.5 Å². The van der Waals surface area contributed by atoms with Crippen LogP contribution in [0.2, 0.25) is 0 Å². The van der Waals surface area contributed by atoms with Gasteiger partial charge >= 0.3 is 0 Å². The van der Waals surface area contributed by atoms with E-state index in [-0.39, 0.29) is 0 Å². The first-order chi connectivity index (χ1) is 9.38. The van der Waals surface area contributed by atoms with Crippen LogP contribution in [-0.2, 0) is 6.42 Å². The number of nitrogens with one attached hydrogen (secondary N) is 2. The molecule has 0 aromatic carbocycles. The van der Waals surface area contributed by atoms with E-state index in [4.69, 9.17) is 4.98 Å². The van der Waals surface area contributed by atoms with E-state index in [2.05, 4.69) is 22.2 Å². The summed E-state index contributed by atoms with van der Waals surface area (Å²) in [6, 6.07) is 4.41. The molecule has 4 nitrogen and oxygen atoms in total. The van der Waals surface area contributed by atoms with Crippen LogP contribution in [0.4, 0.5) is 0 Å². The molecule has 0 saturated heterocycles. The third kappa shape index (κ3) is 2.54. The van der Waals surface area contributed by atoms with Gasteiger partial charge in [0.25, 0.3) is 0 Å². The molecule has 0 amide bonds. The van der Waals surface area contributed by atoms with Crippen molar-refractivity contribution in [2.45, 2.75) is 38.6 Å². The molecule has 2 aromatic rings. The van der Waals surface area contributed by atoms with Gasteiger partial charge in [-0.15, -0.1) is 0 Å². The average Bonchev–Trinajstić information content (AvgIpc) is 2.89. The summed E-state index contributed by atoms with van der Waals surface area (Å²) in [7, 11) is 0. The zero-order chi connectivity index (χ0) is 13.1. The van der Waals surface area contributed by atoms with Crippen LogP contribution < -0.4 is 5.32 Å². The smallest absolute Gasteiger partial charge is 0.176 e. The molecule has 0 fully saturated rings. The number of aromatic nitrogens is 3. The maximum atomic E-state index is 4.77. The van der Waals surface area contributed by atoms with Gasteiger partial charge in [-0.3, -0.25) is 0 Å². The molecule has 1 atom stereocenters. The summed E-state index contributed by atoms with van der Waals surface area (Å²) in [5.41, 5.74) is 3.49. The van der Waals surface area contributed by atoms with Crippen molar-refractivity contribution in [3.63, 3.8) is 0 Å². The van der Waals surface area contributed by atoms with Crippen LogP contribution in [0.3, 0.4) is 0 Å². The number of aryl methyl sites for hydroxylation is 1. The molecule has 1 aliphatic carbocycles. The quantitative estimate of drug-likeness (QED) is 0.830. The van der Waals surface area contributed by atoms with Crippen LogP contribution in [0.25, 0.3) is 11.5 Å². The van der Waals surface area contributed by atoms with Gasteiger partial charge in [0.05, 0.1) is 5.69 Å². The summed E-state index contributed by atoms with van der Waals surface area (Å²) >= 11 is 0. The maximum Gasteiger partial charge on any atom is 0.176 e. The van der Waals surface area contributed by atoms with Crippen LogP contribution >= 0.6 is 0 Å². The fourth-order valence-corrected chi connectivity index (χ4v) is 2.77. The third-order valence-corrected chi connectivity index (χ3v) is 3.72. The zero-order valence-electron chi connectivity index (χ0n) is 11.3. The molecule has 100 valence electrons. The Morgan fingerprint density at radius 3 is 3.16 bits per heavy atom. The lowest BCUT2D eigenvalue weighted by Gasteiger charge is -2.17. The molecule has 2 heterocycles. The van der Waals surface area contributed by atoms with E-state index in [0.29, 0.717) is 6.04 Å². The summed E-state index contributed by atoms with van der Waals surface area (Å²) in [5.74, 6) is 0.806. The van der Waals surface area contributed by atoms with Gasteiger partial charge in [-0.2, -0.15) is 0 Å². The van der Waals surface area contributed by atoms with Crippen molar-refractivity contribution in [3.8, 4) is 11.5 Å². The highest BCUT2D eigenvalue weighted by atomic mass is 15.0. The predicted molar refractivity (Wildman–Crippen MR) is 75.8 cm³/mol. The van der Waals surface area contributed by atoms with Crippen molar-refractivity contribution in [1.82, 2.24) is 20.3 Å². The van der Waals surface area contributed by atoms with Gasteiger partial charge in [0.2, 0.25) is 0 Å². The minimum absolute atomic E-state index is 0.417. The molecule has 0 saturated carbocycles. The second-order valence-corrected chi connectivity index (χ2v) is 5.04. The van der Waals surface area contributed by atoms with Crippen LogP contribution in [-0.4, -0.2) is 21.5 Å². The van der Waals surface area contributed by atoms with Gasteiger partial charge in [0.1, 0.15) is 0 Å². The molecule has 1 unspecified atom stereocenters. The number of hydrogen-bond donors (Lipinski definition) is 2. The second-order valence-electron chi connectivity index (χ2n) is 5.04. The monoisotopic (exact) mass is 256 g/mol. The van der Waals surface area contributed by atoms with E-state index >= 15 is 0 Å². The van der Waals surface area contributed by atoms with Crippen LogP contribution in [0.15, 0.2) is 24.5 Å². The second kappa shape index (κ2) is 5.53. The largest absolute Gasteiger partial charge is 0.359 e. The fraction of sp³-hybridized carbons (Fsp3) is 0.467. The molecule has 1 aliphatic rings. The molecule has 3 rings (SSSR count). The highest BCUT2D eigenvalue weighted by Crippen LogP contribution is 2.28. The SMILES string of the molecule is CCNC1CCCCc2nc(-c3ccc[nH]3)ncc21. The molecule has 0 spiro atoms. The number of fused-ring (bicyclic) bond motifs is 1. The van der Waals surface area contributed by atoms with E-state index in [0.717, 1.165) is 24.5 Å².